The lowest BCUT2D eigenvalue weighted by Crippen LogP contribution is -2.31. The Kier molecular flexibility index (Phi) is 4.98. The number of benzene rings is 2. The number of rotatable bonds is 4. The van der Waals surface area contributed by atoms with Gasteiger partial charge in [-0.25, -0.2) is 4.39 Å². The first kappa shape index (κ1) is 19.4. The van der Waals surface area contributed by atoms with Crippen LogP contribution in [0.1, 0.15) is 51.8 Å². The standard InChI is InChI=1S/C25H23FN4O/c1-16-8-10-21-19(13-16)24(29-28-21)25(31)30-12-4-7-23(30)22-11-9-17(15-27-22)14-18-5-2-3-6-20(18)26/h2-3,5-6,8-11,13,15,23H,4,7,12,14H2,1H3,(H,28,29)/t23-/m1/s1. The molecule has 4 aromatic rings. The van der Waals surface area contributed by atoms with E-state index in [0.717, 1.165) is 40.6 Å². The normalized spacial score (nSPS) is 16.2. The second kappa shape index (κ2) is 7.95. The third-order valence-corrected chi connectivity index (χ3v) is 5.98. The van der Waals surface area contributed by atoms with Crippen molar-refractivity contribution < 1.29 is 9.18 Å². The van der Waals surface area contributed by atoms with Gasteiger partial charge >= 0.3 is 0 Å². The van der Waals surface area contributed by atoms with Crippen molar-refractivity contribution in [1.29, 1.82) is 0 Å². The fourth-order valence-corrected chi connectivity index (χ4v) is 4.34. The van der Waals surface area contributed by atoms with Gasteiger partial charge in [0.1, 0.15) is 5.82 Å². The first-order chi connectivity index (χ1) is 15.1. The van der Waals surface area contributed by atoms with E-state index in [9.17, 15) is 9.18 Å². The summed E-state index contributed by atoms with van der Waals surface area (Å²) in [6, 6.07) is 16.6. The number of pyridine rings is 1. The Morgan fingerprint density at radius 2 is 2.06 bits per heavy atom. The molecule has 156 valence electrons. The fourth-order valence-electron chi connectivity index (χ4n) is 4.34. The topological polar surface area (TPSA) is 61.9 Å². The number of carbonyl (C=O) groups excluding carboxylic acids is 1. The van der Waals surface area contributed by atoms with E-state index in [2.05, 4.69) is 15.2 Å². The van der Waals surface area contributed by atoms with Crippen molar-refractivity contribution in [3.63, 3.8) is 0 Å². The van der Waals surface area contributed by atoms with Gasteiger partial charge < -0.3 is 4.90 Å². The molecule has 5 nitrogen and oxygen atoms in total. The van der Waals surface area contributed by atoms with Gasteiger partial charge in [0.15, 0.2) is 5.69 Å². The van der Waals surface area contributed by atoms with Crippen LogP contribution in [-0.4, -0.2) is 32.5 Å². The zero-order valence-electron chi connectivity index (χ0n) is 17.3. The molecule has 5 rings (SSSR count). The third-order valence-electron chi connectivity index (χ3n) is 5.98. The maximum Gasteiger partial charge on any atom is 0.275 e. The quantitative estimate of drug-likeness (QED) is 0.513. The Morgan fingerprint density at radius 1 is 1.19 bits per heavy atom. The van der Waals surface area contributed by atoms with Gasteiger partial charge in [0, 0.05) is 24.5 Å². The number of aryl methyl sites for hydroxylation is 1. The molecule has 1 N–H and O–H groups in total. The number of aromatic amines is 1. The molecule has 2 aromatic heterocycles. The maximum atomic E-state index is 13.9. The van der Waals surface area contributed by atoms with Gasteiger partial charge in [0.2, 0.25) is 0 Å². The zero-order valence-corrected chi connectivity index (χ0v) is 17.3. The van der Waals surface area contributed by atoms with Crippen molar-refractivity contribution in [2.24, 2.45) is 0 Å². The number of nitrogens with one attached hydrogen (secondary N) is 1. The summed E-state index contributed by atoms with van der Waals surface area (Å²) in [5.41, 5.74) is 4.86. The van der Waals surface area contributed by atoms with Crippen molar-refractivity contribution in [3.8, 4) is 0 Å². The average molecular weight is 414 g/mol. The van der Waals surface area contributed by atoms with Gasteiger partial charge in [-0.1, -0.05) is 35.9 Å². The Labute approximate surface area is 179 Å². The summed E-state index contributed by atoms with van der Waals surface area (Å²) in [5.74, 6) is -0.280. The molecule has 1 fully saturated rings. The molecule has 0 unspecified atom stereocenters. The van der Waals surface area contributed by atoms with Gasteiger partial charge in [-0.2, -0.15) is 5.10 Å². The molecule has 6 heteroatoms. The summed E-state index contributed by atoms with van der Waals surface area (Å²) in [6.45, 7) is 2.69. The number of carbonyl (C=O) groups is 1. The van der Waals surface area contributed by atoms with Gasteiger partial charge in [-0.3, -0.25) is 14.9 Å². The van der Waals surface area contributed by atoms with Crippen LogP contribution in [0.15, 0.2) is 60.8 Å². The average Bonchev–Trinajstić information content (AvgIpc) is 3.43. The summed E-state index contributed by atoms with van der Waals surface area (Å²) in [7, 11) is 0. The Morgan fingerprint density at radius 3 is 2.87 bits per heavy atom. The minimum absolute atomic E-state index is 0.0726. The van der Waals surface area contributed by atoms with E-state index in [-0.39, 0.29) is 17.8 Å². The van der Waals surface area contributed by atoms with Crippen molar-refractivity contribution >= 4 is 16.8 Å². The number of likely N-dealkylation sites (tertiary alicyclic amines) is 1. The summed E-state index contributed by atoms with van der Waals surface area (Å²) in [5, 5.41) is 8.12. The summed E-state index contributed by atoms with van der Waals surface area (Å²) >= 11 is 0. The van der Waals surface area contributed by atoms with E-state index >= 15 is 0 Å². The van der Waals surface area contributed by atoms with Gasteiger partial charge in [-0.15, -0.1) is 0 Å². The molecule has 1 atom stereocenters. The fraction of sp³-hybridized carbons (Fsp3) is 0.240. The number of hydrogen-bond acceptors (Lipinski definition) is 3. The van der Waals surface area contributed by atoms with Crippen molar-refractivity contribution in [3.05, 3.63) is 94.7 Å². The van der Waals surface area contributed by atoms with Crippen LogP contribution in [0.2, 0.25) is 0 Å². The number of fused-ring (bicyclic) bond motifs is 1. The lowest BCUT2D eigenvalue weighted by atomic mass is 10.0. The van der Waals surface area contributed by atoms with Gasteiger partial charge in [-0.05, 0) is 55.2 Å². The Bertz CT molecular complexity index is 1250. The largest absolute Gasteiger partial charge is 0.329 e. The van der Waals surface area contributed by atoms with E-state index in [1.54, 1.807) is 18.3 Å². The van der Waals surface area contributed by atoms with Crippen LogP contribution < -0.4 is 0 Å². The molecule has 0 saturated carbocycles. The number of nitrogens with zero attached hydrogens (tertiary/aromatic N) is 3. The summed E-state index contributed by atoms with van der Waals surface area (Å²) in [4.78, 5) is 19.8. The lowest BCUT2D eigenvalue weighted by Gasteiger charge is -2.23. The number of H-pyrrole nitrogens is 1. The summed E-state index contributed by atoms with van der Waals surface area (Å²) in [6.07, 6.45) is 4.07. The van der Waals surface area contributed by atoms with Crippen LogP contribution in [0.3, 0.4) is 0 Å². The molecule has 31 heavy (non-hydrogen) atoms. The monoisotopic (exact) mass is 414 g/mol. The van der Waals surface area contributed by atoms with Gasteiger partial charge in [0.25, 0.3) is 5.91 Å². The van der Waals surface area contributed by atoms with Crippen LogP contribution >= 0.6 is 0 Å². The van der Waals surface area contributed by atoms with Crippen LogP contribution in [0, 0.1) is 12.7 Å². The van der Waals surface area contributed by atoms with E-state index in [4.69, 9.17) is 0 Å². The number of halogens is 1. The SMILES string of the molecule is Cc1ccc2[nH]nc(C(=O)N3CCC[C@@H]3c3ccc(Cc4ccccc4F)cn3)c2c1. The highest BCUT2D eigenvalue weighted by molar-refractivity contribution is 6.05. The predicted molar refractivity (Wildman–Crippen MR) is 117 cm³/mol. The van der Waals surface area contributed by atoms with Crippen LogP contribution in [0.25, 0.3) is 10.9 Å². The van der Waals surface area contributed by atoms with Crippen molar-refractivity contribution in [2.75, 3.05) is 6.54 Å². The smallest absolute Gasteiger partial charge is 0.275 e. The highest BCUT2D eigenvalue weighted by Gasteiger charge is 2.33. The molecule has 1 aliphatic heterocycles. The molecule has 3 heterocycles. The Balaban J connectivity index is 1.38. The van der Waals surface area contributed by atoms with Crippen LogP contribution in [0.5, 0.6) is 0 Å². The molecule has 0 radical (unpaired) electrons. The van der Waals surface area contributed by atoms with E-state index in [1.807, 2.05) is 48.2 Å². The molecule has 0 bridgehead atoms. The molecule has 1 amide bonds. The number of aromatic nitrogens is 3. The predicted octanol–water partition coefficient (Wildman–Crippen LogP) is 4.97. The third kappa shape index (κ3) is 3.69. The van der Waals surface area contributed by atoms with Crippen LogP contribution in [-0.2, 0) is 6.42 Å². The molecule has 0 aliphatic carbocycles. The van der Waals surface area contributed by atoms with Crippen LogP contribution in [0.4, 0.5) is 4.39 Å². The number of hydrogen-bond donors (Lipinski definition) is 1. The molecule has 1 saturated heterocycles. The highest BCUT2D eigenvalue weighted by atomic mass is 19.1. The molecular formula is C25H23FN4O. The first-order valence-electron chi connectivity index (χ1n) is 10.5. The first-order valence-corrected chi connectivity index (χ1v) is 10.5. The van der Waals surface area contributed by atoms with Crippen molar-refractivity contribution in [1.82, 2.24) is 20.1 Å². The molecular weight excluding hydrogens is 391 g/mol. The van der Waals surface area contributed by atoms with E-state index < -0.39 is 0 Å². The Hall–Kier alpha value is -3.54. The minimum Gasteiger partial charge on any atom is -0.329 e. The zero-order chi connectivity index (χ0) is 21.4. The molecule has 2 aromatic carbocycles. The van der Waals surface area contributed by atoms with Gasteiger partial charge in [0.05, 0.1) is 17.3 Å². The maximum absolute atomic E-state index is 13.9. The lowest BCUT2D eigenvalue weighted by molar-refractivity contribution is 0.0729. The minimum atomic E-state index is -0.208. The van der Waals surface area contributed by atoms with E-state index in [0.29, 0.717) is 24.2 Å². The second-order valence-electron chi connectivity index (χ2n) is 8.14. The highest BCUT2D eigenvalue weighted by Crippen LogP contribution is 2.33. The molecule has 0 spiro atoms. The summed E-state index contributed by atoms with van der Waals surface area (Å²) < 4.78 is 13.9. The second-order valence-corrected chi connectivity index (χ2v) is 8.14. The molecule has 1 aliphatic rings. The van der Waals surface area contributed by atoms with E-state index in [1.165, 1.54) is 6.07 Å². The number of amides is 1. The van der Waals surface area contributed by atoms with Crippen molar-refractivity contribution in [2.45, 2.75) is 32.2 Å².